The molecule has 0 spiro atoms. The van der Waals surface area contributed by atoms with Crippen LogP contribution in [0.2, 0.25) is 0 Å². The highest BCUT2D eigenvalue weighted by atomic mass is 19.1. The molecule has 1 fully saturated rings. The highest BCUT2D eigenvalue weighted by molar-refractivity contribution is 5.76. The first-order valence-corrected chi connectivity index (χ1v) is 6.89. The van der Waals surface area contributed by atoms with Crippen molar-refractivity contribution in [2.24, 2.45) is 0 Å². The molecule has 1 aromatic heterocycles. The van der Waals surface area contributed by atoms with Gasteiger partial charge < -0.3 is 10.2 Å². The van der Waals surface area contributed by atoms with Gasteiger partial charge in [0.2, 0.25) is 5.91 Å². The van der Waals surface area contributed by atoms with Crippen molar-refractivity contribution in [3.8, 4) is 0 Å². The van der Waals surface area contributed by atoms with Crippen molar-refractivity contribution >= 4 is 11.7 Å². The Morgan fingerprint density at radius 1 is 1.26 bits per heavy atom. The molecule has 0 atom stereocenters. The van der Waals surface area contributed by atoms with E-state index >= 15 is 0 Å². The zero-order valence-electron chi connectivity index (χ0n) is 11.1. The van der Waals surface area contributed by atoms with Crippen LogP contribution in [0.3, 0.4) is 0 Å². The summed E-state index contributed by atoms with van der Waals surface area (Å²) in [5.74, 6) is 0.438. The smallest absolute Gasteiger partial charge is 0.224 e. The number of amides is 1. The predicted molar refractivity (Wildman–Crippen MR) is 72.3 cm³/mol. The monoisotopic (exact) mass is 265 g/mol. The van der Waals surface area contributed by atoms with E-state index in [0.717, 1.165) is 25.9 Å². The van der Waals surface area contributed by atoms with Gasteiger partial charge in [-0.15, -0.1) is 0 Å². The molecule has 1 aliphatic heterocycles. The van der Waals surface area contributed by atoms with E-state index in [9.17, 15) is 9.18 Å². The predicted octanol–water partition coefficient (Wildman–Crippen LogP) is 2.43. The highest BCUT2D eigenvalue weighted by Gasteiger charge is 2.14. The number of nitrogens with zero attached hydrogens (tertiary/aromatic N) is 2. The average Bonchev–Trinajstić information content (AvgIpc) is 2.70. The fourth-order valence-corrected chi connectivity index (χ4v) is 2.26. The van der Waals surface area contributed by atoms with Crippen LogP contribution in [0.25, 0.3) is 0 Å². The van der Waals surface area contributed by atoms with Gasteiger partial charge in [-0.1, -0.05) is 12.8 Å². The summed E-state index contributed by atoms with van der Waals surface area (Å²) in [4.78, 5) is 17.8. The minimum absolute atomic E-state index is 0.191. The van der Waals surface area contributed by atoms with Crippen LogP contribution in [0.5, 0.6) is 0 Å². The molecular weight excluding hydrogens is 245 g/mol. The van der Waals surface area contributed by atoms with Crippen molar-refractivity contribution in [3.05, 3.63) is 24.1 Å². The van der Waals surface area contributed by atoms with E-state index in [1.54, 1.807) is 6.07 Å². The minimum atomic E-state index is -0.355. The summed E-state index contributed by atoms with van der Waals surface area (Å²) in [5, 5.41) is 3.03. The normalized spacial score (nSPS) is 15.9. The van der Waals surface area contributed by atoms with Gasteiger partial charge in [0, 0.05) is 26.1 Å². The van der Waals surface area contributed by atoms with Crippen LogP contribution in [0.1, 0.15) is 32.1 Å². The molecule has 0 aliphatic carbocycles. The summed E-state index contributed by atoms with van der Waals surface area (Å²) in [5.41, 5.74) is 0. The topological polar surface area (TPSA) is 45.2 Å². The van der Waals surface area contributed by atoms with Crippen LogP contribution in [0.4, 0.5) is 10.2 Å². The van der Waals surface area contributed by atoms with Crippen molar-refractivity contribution < 1.29 is 9.18 Å². The van der Waals surface area contributed by atoms with Crippen LogP contribution in [-0.2, 0) is 4.79 Å². The first-order chi connectivity index (χ1) is 9.25. The van der Waals surface area contributed by atoms with Crippen molar-refractivity contribution in [1.29, 1.82) is 0 Å². The molecule has 1 aromatic rings. The summed E-state index contributed by atoms with van der Waals surface area (Å²) < 4.78 is 12.7. The van der Waals surface area contributed by atoms with Crippen molar-refractivity contribution in [2.45, 2.75) is 32.1 Å². The quantitative estimate of drug-likeness (QED) is 0.909. The van der Waals surface area contributed by atoms with Crippen molar-refractivity contribution in [2.75, 3.05) is 25.0 Å². The minimum Gasteiger partial charge on any atom is -0.370 e. The Morgan fingerprint density at radius 3 is 2.63 bits per heavy atom. The second-order valence-electron chi connectivity index (χ2n) is 4.83. The van der Waals surface area contributed by atoms with Gasteiger partial charge in [0.1, 0.15) is 11.6 Å². The van der Waals surface area contributed by atoms with Crippen molar-refractivity contribution in [3.63, 3.8) is 0 Å². The molecule has 19 heavy (non-hydrogen) atoms. The third kappa shape index (κ3) is 4.50. The number of hydrogen-bond donors (Lipinski definition) is 1. The van der Waals surface area contributed by atoms with Gasteiger partial charge in [-0.25, -0.2) is 9.37 Å². The van der Waals surface area contributed by atoms with Gasteiger partial charge in [0.15, 0.2) is 0 Å². The molecule has 0 bridgehead atoms. The lowest BCUT2D eigenvalue weighted by Gasteiger charge is -2.20. The SMILES string of the molecule is O=C(CCNc1ccc(F)cn1)N1CCCCCC1. The van der Waals surface area contributed by atoms with Gasteiger partial charge in [-0.3, -0.25) is 4.79 Å². The number of anilines is 1. The molecule has 2 rings (SSSR count). The Hall–Kier alpha value is -1.65. The van der Waals surface area contributed by atoms with E-state index in [4.69, 9.17) is 0 Å². The Morgan fingerprint density at radius 2 is 2.00 bits per heavy atom. The van der Waals surface area contributed by atoms with E-state index in [1.165, 1.54) is 25.1 Å². The molecule has 1 saturated heterocycles. The summed E-state index contributed by atoms with van der Waals surface area (Å²) in [6.45, 7) is 2.30. The molecule has 0 saturated carbocycles. The van der Waals surface area contributed by atoms with Crippen molar-refractivity contribution in [1.82, 2.24) is 9.88 Å². The molecule has 1 aliphatic rings. The van der Waals surface area contributed by atoms with Gasteiger partial charge in [0.25, 0.3) is 0 Å². The largest absolute Gasteiger partial charge is 0.370 e. The fourth-order valence-electron chi connectivity index (χ4n) is 2.26. The average molecular weight is 265 g/mol. The zero-order valence-corrected chi connectivity index (χ0v) is 11.1. The van der Waals surface area contributed by atoms with E-state index in [1.807, 2.05) is 4.90 Å². The van der Waals surface area contributed by atoms with Crippen LogP contribution < -0.4 is 5.32 Å². The first kappa shape index (κ1) is 13.8. The van der Waals surface area contributed by atoms with E-state index in [-0.39, 0.29) is 11.7 Å². The number of halogens is 1. The second-order valence-corrected chi connectivity index (χ2v) is 4.83. The third-order valence-corrected chi connectivity index (χ3v) is 3.33. The Kier molecular flexibility index (Phi) is 5.12. The van der Waals surface area contributed by atoms with Crippen LogP contribution in [0, 0.1) is 5.82 Å². The molecule has 1 N–H and O–H groups in total. The maximum atomic E-state index is 12.7. The van der Waals surface area contributed by atoms with Gasteiger partial charge in [-0.2, -0.15) is 0 Å². The summed E-state index contributed by atoms with van der Waals surface area (Å²) >= 11 is 0. The van der Waals surface area contributed by atoms with E-state index in [0.29, 0.717) is 18.8 Å². The van der Waals surface area contributed by atoms with E-state index < -0.39 is 0 Å². The molecule has 104 valence electrons. The lowest BCUT2D eigenvalue weighted by atomic mass is 10.2. The number of hydrogen-bond acceptors (Lipinski definition) is 3. The zero-order chi connectivity index (χ0) is 13.5. The van der Waals surface area contributed by atoms with Gasteiger partial charge in [-0.05, 0) is 25.0 Å². The number of pyridine rings is 1. The van der Waals surface area contributed by atoms with Gasteiger partial charge >= 0.3 is 0 Å². The fraction of sp³-hybridized carbons (Fsp3) is 0.571. The number of carbonyl (C=O) groups is 1. The number of carbonyl (C=O) groups excluding carboxylic acids is 1. The summed E-state index contributed by atoms with van der Waals surface area (Å²) in [6.07, 6.45) is 6.29. The summed E-state index contributed by atoms with van der Waals surface area (Å²) in [6, 6.07) is 2.93. The number of likely N-dealkylation sites (tertiary alicyclic amines) is 1. The molecule has 0 radical (unpaired) electrons. The Bertz CT molecular complexity index is 400. The molecule has 4 nitrogen and oxygen atoms in total. The molecular formula is C14H20FN3O. The maximum Gasteiger partial charge on any atom is 0.224 e. The molecule has 1 amide bonds. The number of rotatable bonds is 4. The van der Waals surface area contributed by atoms with Gasteiger partial charge in [0.05, 0.1) is 6.20 Å². The molecule has 2 heterocycles. The number of nitrogens with one attached hydrogen (secondary N) is 1. The van der Waals surface area contributed by atoms with Crippen LogP contribution >= 0.6 is 0 Å². The standard InChI is InChI=1S/C14H20FN3O/c15-12-5-6-13(17-11-12)16-8-7-14(19)18-9-3-1-2-4-10-18/h5-6,11H,1-4,7-10H2,(H,16,17). The third-order valence-electron chi connectivity index (χ3n) is 3.33. The summed E-state index contributed by atoms with van der Waals surface area (Å²) in [7, 11) is 0. The first-order valence-electron chi connectivity index (χ1n) is 6.89. The molecule has 0 unspecified atom stereocenters. The van der Waals surface area contributed by atoms with Crippen LogP contribution in [-0.4, -0.2) is 35.4 Å². The van der Waals surface area contributed by atoms with E-state index in [2.05, 4.69) is 10.3 Å². The lowest BCUT2D eigenvalue weighted by Crippen LogP contribution is -2.32. The number of aromatic nitrogens is 1. The lowest BCUT2D eigenvalue weighted by molar-refractivity contribution is -0.130. The molecule has 0 aromatic carbocycles. The molecule has 5 heteroatoms. The van der Waals surface area contributed by atoms with Crippen LogP contribution in [0.15, 0.2) is 18.3 Å². The highest BCUT2D eigenvalue weighted by Crippen LogP contribution is 2.11. The maximum absolute atomic E-state index is 12.7. The Balaban J connectivity index is 1.72. The Labute approximate surface area is 113 Å². The second kappa shape index (κ2) is 7.07.